The average molecular weight is 152 g/mol. The van der Waals surface area contributed by atoms with E-state index in [2.05, 4.69) is 0 Å². The summed E-state index contributed by atoms with van der Waals surface area (Å²) in [6.07, 6.45) is -4.42. The maximum Gasteiger partial charge on any atom is 0.451 e. The number of nitrogens with one attached hydrogen (secondary N) is 1. The van der Waals surface area contributed by atoms with Gasteiger partial charge in [-0.05, 0) is 13.8 Å². The fourth-order valence-corrected chi connectivity index (χ4v) is 0.318. The van der Waals surface area contributed by atoms with Crippen LogP contribution >= 0.6 is 0 Å². The first-order valence-electron chi connectivity index (χ1n) is 2.63. The van der Waals surface area contributed by atoms with Gasteiger partial charge in [0.05, 0.1) is 5.54 Å². The fourth-order valence-electron chi connectivity index (χ4n) is 0.318. The molecule has 0 saturated carbocycles. The smallest absolute Gasteiger partial charge is 0.308 e. The number of alkyl halides is 2. The minimum atomic E-state index is -2.73. The molecule has 0 saturated heterocycles. The summed E-state index contributed by atoms with van der Waals surface area (Å²) in [4.78, 5) is 9.76. The number of carbonyl (C=O) groups excluding carboxylic acids is 1. The molecular formula is C5H8F2NO2. The van der Waals surface area contributed by atoms with Gasteiger partial charge >= 0.3 is 6.09 Å². The first kappa shape index (κ1) is 9.13. The fraction of sp³-hybridized carbons (Fsp3) is 0.800. The summed E-state index contributed by atoms with van der Waals surface area (Å²) >= 11 is 0. The lowest BCUT2D eigenvalue weighted by Crippen LogP contribution is -2.47. The Bertz CT molecular complexity index is 136. The third-order valence-corrected chi connectivity index (χ3v) is 0.970. The van der Waals surface area contributed by atoms with Crippen molar-refractivity contribution < 1.29 is 18.7 Å². The summed E-state index contributed by atoms with van der Waals surface area (Å²) in [5, 5.41) is 11.3. The molecule has 3 nitrogen and oxygen atoms in total. The molecule has 5 heteroatoms. The summed E-state index contributed by atoms with van der Waals surface area (Å²) < 4.78 is 23.6. The Morgan fingerprint density at radius 3 is 2.00 bits per heavy atom. The molecule has 1 N–H and O–H groups in total. The molecular weight excluding hydrogens is 144 g/mol. The Kier molecular flexibility index (Phi) is 2.56. The summed E-state index contributed by atoms with van der Waals surface area (Å²) in [5.41, 5.74) is -1.72. The summed E-state index contributed by atoms with van der Waals surface area (Å²) in [6.45, 7) is 2.15. The molecule has 0 aromatic heterocycles. The van der Waals surface area contributed by atoms with Crippen molar-refractivity contribution >= 4 is 6.09 Å². The van der Waals surface area contributed by atoms with Crippen molar-refractivity contribution in [2.75, 3.05) is 0 Å². The molecule has 1 radical (unpaired) electrons. The van der Waals surface area contributed by atoms with Crippen LogP contribution in [0.15, 0.2) is 0 Å². The highest BCUT2D eigenvalue weighted by Gasteiger charge is 2.31. The van der Waals surface area contributed by atoms with E-state index in [1.807, 2.05) is 0 Å². The van der Waals surface area contributed by atoms with Gasteiger partial charge in [0.15, 0.2) is 0 Å². The van der Waals surface area contributed by atoms with Crippen molar-refractivity contribution in [1.82, 2.24) is 5.32 Å². The van der Waals surface area contributed by atoms with Crippen LogP contribution < -0.4 is 5.32 Å². The zero-order valence-electron chi connectivity index (χ0n) is 5.65. The minimum absolute atomic E-state index is 1.08. The second-order valence-corrected chi connectivity index (χ2v) is 2.43. The normalized spacial score (nSPS) is 11.7. The molecule has 0 bridgehead atoms. The molecule has 0 aliphatic rings. The largest absolute Gasteiger partial charge is 0.451 e. The van der Waals surface area contributed by atoms with Gasteiger partial charge < -0.3 is 5.32 Å². The van der Waals surface area contributed by atoms with E-state index in [1.54, 1.807) is 5.32 Å². The summed E-state index contributed by atoms with van der Waals surface area (Å²) in [7, 11) is 0. The highest BCUT2D eigenvalue weighted by atomic mass is 19.3. The molecule has 10 heavy (non-hydrogen) atoms. The van der Waals surface area contributed by atoms with Crippen LogP contribution in [0.3, 0.4) is 0 Å². The van der Waals surface area contributed by atoms with E-state index in [4.69, 9.17) is 0 Å². The summed E-state index contributed by atoms with van der Waals surface area (Å²) in [5.74, 6) is 0. The van der Waals surface area contributed by atoms with Crippen molar-refractivity contribution in [3.63, 3.8) is 0 Å². The summed E-state index contributed by atoms with van der Waals surface area (Å²) in [6, 6.07) is 0. The molecule has 0 aliphatic heterocycles. The average Bonchev–Trinajstić information content (AvgIpc) is 1.60. The van der Waals surface area contributed by atoms with E-state index >= 15 is 0 Å². The monoisotopic (exact) mass is 152 g/mol. The standard InChI is InChI=1S/C5H8F2NO2/c1-5(2,3(6)7)8-4(9)10/h3,8H,1-2H3. The maximum atomic E-state index is 11.8. The molecule has 59 valence electrons. The lowest BCUT2D eigenvalue weighted by atomic mass is 10.1. The van der Waals surface area contributed by atoms with E-state index in [0.717, 1.165) is 13.8 Å². The molecule has 0 aromatic rings. The molecule has 0 unspecified atom stereocenters. The first-order chi connectivity index (χ1) is 4.36. The van der Waals surface area contributed by atoms with Gasteiger partial charge in [-0.15, -0.1) is 0 Å². The van der Waals surface area contributed by atoms with Gasteiger partial charge in [-0.1, -0.05) is 0 Å². The van der Waals surface area contributed by atoms with Crippen molar-refractivity contribution in [3.05, 3.63) is 0 Å². The van der Waals surface area contributed by atoms with Crippen LogP contribution in [-0.4, -0.2) is 18.1 Å². The number of carbonyl (C=O) groups is 1. The molecule has 0 atom stereocenters. The van der Waals surface area contributed by atoms with Gasteiger partial charge in [0.25, 0.3) is 6.43 Å². The van der Waals surface area contributed by atoms with Crippen LogP contribution in [0, 0.1) is 0 Å². The van der Waals surface area contributed by atoms with Crippen LogP contribution in [0.25, 0.3) is 0 Å². The highest BCUT2D eigenvalue weighted by molar-refractivity contribution is 5.65. The predicted octanol–water partition coefficient (Wildman–Crippen LogP) is 1.17. The van der Waals surface area contributed by atoms with Gasteiger partial charge in [0, 0.05) is 0 Å². The second kappa shape index (κ2) is 2.81. The third kappa shape index (κ3) is 2.61. The van der Waals surface area contributed by atoms with Crippen LogP contribution in [0.5, 0.6) is 0 Å². The topological polar surface area (TPSA) is 49.0 Å². The highest BCUT2D eigenvalue weighted by Crippen LogP contribution is 2.13. The SMILES string of the molecule is CC(C)(NC([O])=O)C(F)F. The van der Waals surface area contributed by atoms with Gasteiger partial charge in [-0.2, -0.15) is 0 Å². The number of amides is 1. The van der Waals surface area contributed by atoms with Gasteiger partial charge in [-0.3, -0.25) is 0 Å². The van der Waals surface area contributed by atoms with Crippen LogP contribution in [0.1, 0.15) is 13.8 Å². The number of halogens is 2. The molecule has 0 heterocycles. The Balaban J connectivity index is 3.99. The quantitative estimate of drug-likeness (QED) is 0.634. The number of hydrogen-bond donors (Lipinski definition) is 1. The molecule has 0 aliphatic carbocycles. The molecule has 0 aromatic carbocycles. The van der Waals surface area contributed by atoms with Gasteiger partial charge in [0.2, 0.25) is 0 Å². The zero-order valence-corrected chi connectivity index (χ0v) is 5.65. The van der Waals surface area contributed by atoms with Crippen LogP contribution in [-0.2, 0) is 5.11 Å². The molecule has 0 rings (SSSR count). The Morgan fingerprint density at radius 1 is 1.50 bits per heavy atom. The van der Waals surface area contributed by atoms with E-state index in [1.165, 1.54) is 0 Å². The van der Waals surface area contributed by atoms with Crippen molar-refractivity contribution in [2.45, 2.75) is 25.8 Å². The van der Waals surface area contributed by atoms with Crippen molar-refractivity contribution in [2.24, 2.45) is 0 Å². The van der Waals surface area contributed by atoms with Crippen molar-refractivity contribution in [1.29, 1.82) is 0 Å². The molecule has 0 fully saturated rings. The van der Waals surface area contributed by atoms with E-state index in [0.29, 0.717) is 0 Å². The number of rotatable bonds is 2. The first-order valence-corrected chi connectivity index (χ1v) is 2.63. The lowest BCUT2D eigenvalue weighted by Gasteiger charge is -2.21. The van der Waals surface area contributed by atoms with Gasteiger partial charge in [0.1, 0.15) is 0 Å². The molecule has 0 spiro atoms. The minimum Gasteiger partial charge on any atom is -0.308 e. The predicted molar refractivity (Wildman–Crippen MR) is 29.3 cm³/mol. The van der Waals surface area contributed by atoms with E-state index in [-0.39, 0.29) is 0 Å². The van der Waals surface area contributed by atoms with E-state index in [9.17, 15) is 18.7 Å². The zero-order chi connectivity index (χ0) is 8.36. The Morgan fingerprint density at radius 2 is 1.90 bits per heavy atom. The van der Waals surface area contributed by atoms with Gasteiger partial charge in [-0.25, -0.2) is 18.7 Å². The number of hydrogen-bond acceptors (Lipinski definition) is 1. The van der Waals surface area contributed by atoms with Crippen LogP contribution in [0.2, 0.25) is 0 Å². The lowest BCUT2D eigenvalue weighted by molar-refractivity contribution is 0.0473. The molecule has 1 amide bonds. The Hall–Kier alpha value is -0.870. The van der Waals surface area contributed by atoms with Crippen molar-refractivity contribution in [3.8, 4) is 0 Å². The Labute approximate surface area is 57.0 Å². The third-order valence-electron chi connectivity index (χ3n) is 0.970. The second-order valence-electron chi connectivity index (χ2n) is 2.43. The van der Waals surface area contributed by atoms with Crippen LogP contribution in [0.4, 0.5) is 13.6 Å². The maximum absolute atomic E-state index is 11.8. The van der Waals surface area contributed by atoms with E-state index < -0.39 is 18.1 Å².